The van der Waals surface area contributed by atoms with Crippen LogP contribution < -0.4 is 5.32 Å². The van der Waals surface area contributed by atoms with E-state index in [4.69, 9.17) is 4.74 Å². The van der Waals surface area contributed by atoms with E-state index in [-0.39, 0.29) is 0 Å². The normalized spacial score (nSPS) is 25.2. The van der Waals surface area contributed by atoms with Crippen molar-refractivity contribution in [1.82, 2.24) is 10.2 Å². The molecule has 2 aliphatic heterocycles. The van der Waals surface area contributed by atoms with Gasteiger partial charge < -0.3 is 15.0 Å². The number of hydrogen-bond donors (Lipinski definition) is 1. The van der Waals surface area contributed by atoms with Crippen molar-refractivity contribution in [2.75, 3.05) is 26.2 Å². The SMILES string of the molecule is CC(CN1CCCC1)NC1COCc2ccccc21. The summed E-state index contributed by atoms with van der Waals surface area (Å²) in [5, 5.41) is 3.74. The molecule has 3 rings (SSSR count). The van der Waals surface area contributed by atoms with Gasteiger partial charge in [-0.1, -0.05) is 24.3 Å². The monoisotopic (exact) mass is 260 g/mol. The highest BCUT2D eigenvalue weighted by Gasteiger charge is 2.23. The van der Waals surface area contributed by atoms with Gasteiger partial charge in [0.2, 0.25) is 0 Å². The summed E-state index contributed by atoms with van der Waals surface area (Å²) >= 11 is 0. The van der Waals surface area contributed by atoms with Crippen LogP contribution in [0.1, 0.15) is 36.9 Å². The van der Waals surface area contributed by atoms with Gasteiger partial charge in [-0.25, -0.2) is 0 Å². The predicted molar refractivity (Wildman–Crippen MR) is 77.1 cm³/mol. The van der Waals surface area contributed by atoms with E-state index in [2.05, 4.69) is 41.4 Å². The van der Waals surface area contributed by atoms with Crippen LogP contribution in [0.2, 0.25) is 0 Å². The van der Waals surface area contributed by atoms with Gasteiger partial charge in [-0.2, -0.15) is 0 Å². The topological polar surface area (TPSA) is 24.5 Å². The van der Waals surface area contributed by atoms with Gasteiger partial charge in [0.05, 0.1) is 19.3 Å². The highest BCUT2D eigenvalue weighted by atomic mass is 16.5. The van der Waals surface area contributed by atoms with Gasteiger partial charge in [0.25, 0.3) is 0 Å². The van der Waals surface area contributed by atoms with Crippen LogP contribution in [0.4, 0.5) is 0 Å². The molecule has 2 heterocycles. The molecule has 0 saturated carbocycles. The van der Waals surface area contributed by atoms with Gasteiger partial charge in [-0.3, -0.25) is 0 Å². The Hall–Kier alpha value is -0.900. The highest BCUT2D eigenvalue weighted by molar-refractivity contribution is 5.31. The fourth-order valence-electron chi connectivity index (χ4n) is 3.27. The Labute approximate surface area is 115 Å². The van der Waals surface area contributed by atoms with Gasteiger partial charge in [0.1, 0.15) is 0 Å². The lowest BCUT2D eigenvalue weighted by atomic mass is 9.98. The zero-order chi connectivity index (χ0) is 13.1. The number of nitrogens with one attached hydrogen (secondary N) is 1. The van der Waals surface area contributed by atoms with Crippen LogP contribution in [-0.4, -0.2) is 37.2 Å². The van der Waals surface area contributed by atoms with Crippen molar-refractivity contribution in [3.63, 3.8) is 0 Å². The molecular weight excluding hydrogens is 236 g/mol. The minimum atomic E-state index is 0.350. The second-order valence-corrected chi connectivity index (χ2v) is 5.84. The minimum Gasteiger partial charge on any atom is -0.375 e. The van der Waals surface area contributed by atoms with E-state index in [1.54, 1.807) is 0 Å². The lowest BCUT2D eigenvalue weighted by molar-refractivity contribution is 0.0774. The molecule has 0 amide bonds. The second kappa shape index (κ2) is 6.04. The molecule has 2 atom stereocenters. The number of benzene rings is 1. The quantitative estimate of drug-likeness (QED) is 0.899. The third-order valence-corrected chi connectivity index (χ3v) is 4.19. The molecule has 1 aromatic carbocycles. The Balaban J connectivity index is 1.60. The number of likely N-dealkylation sites (tertiary alicyclic amines) is 1. The van der Waals surface area contributed by atoms with Crippen LogP contribution in [0.5, 0.6) is 0 Å². The maximum Gasteiger partial charge on any atom is 0.0721 e. The molecule has 0 aliphatic carbocycles. The van der Waals surface area contributed by atoms with Gasteiger partial charge in [0.15, 0.2) is 0 Å². The molecule has 2 unspecified atom stereocenters. The van der Waals surface area contributed by atoms with E-state index < -0.39 is 0 Å². The number of rotatable bonds is 4. The van der Waals surface area contributed by atoms with Crippen molar-refractivity contribution in [2.45, 2.75) is 38.5 Å². The Bertz CT molecular complexity index is 415. The maximum atomic E-state index is 5.70. The molecule has 2 aliphatic rings. The lowest BCUT2D eigenvalue weighted by Crippen LogP contribution is -2.42. The molecule has 3 heteroatoms. The third-order valence-electron chi connectivity index (χ3n) is 4.19. The zero-order valence-electron chi connectivity index (χ0n) is 11.8. The summed E-state index contributed by atoms with van der Waals surface area (Å²) in [5.41, 5.74) is 2.75. The van der Waals surface area contributed by atoms with E-state index in [1.807, 2.05) is 0 Å². The largest absolute Gasteiger partial charge is 0.375 e. The molecule has 0 aromatic heterocycles. The average Bonchev–Trinajstić information content (AvgIpc) is 2.92. The highest BCUT2D eigenvalue weighted by Crippen LogP contribution is 2.24. The standard InChI is InChI=1S/C16H24N2O/c1-13(10-18-8-4-5-9-18)17-16-12-19-11-14-6-2-3-7-15(14)16/h2-3,6-7,13,16-17H,4-5,8-12H2,1H3. The molecule has 104 valence electrons. The molecular formula is C16H24N2O. The lowest BCUT2D eigenvalue weighted by Gasteiger charge is -2.30. The molecule has 1 N–H and O–H groups in total. The third kappa shape index (κ3) is 3.16. The van der Waals surface area contributed by atoms with Crippen LogP contribution >= 0.6 is 0 Å². The molecule has 0 radical (unpaired) electrons. The molecule has 3 nitrogen and oxygen atoms in total. The van der Waals surface area contributed by atoms with Crippen molar-refractivity contribution in [3.8, 4) is 0 Å². The fraction of sp³-hybridized carbons (Fsp3) is 0.625. The first-order valence-corrected chi connectivity index (χ1v) is 7.47. The summed E-state index contributed by atoms with van der Waals surface area (Å²) in [6, 6.07) is 9.50. The van der Waals surface area contributed by atoms with Crippen LogP contribution in [0.15, 0.2) is 24.3 Å². The fourth-order valence-corrected chi connectivity index (χ4v) is 3.27. The predicted octanol–water partition coefficient (Wildman–Crippen LogP) is 2.33. The van der Waals surface area contributed by atoms with Gasteiger partial charge in [-0.05, 0) is 44.0 Å². The van der Waals surface area contributed by atoms with Crippen LogP contribution in [0, 0.1) is 0 Å². The van der Waals surface area contributed by atoms with E-state index in [0.717, 1.165) is 19.8 Å². The smallest absolute Gasteiger partial charge is 0.0721 e. The van der Waals surface area contributed by atoms with Crippen LogP contribution in [-0.2, 0) is 11.3 Å². The zero-order valence-corrected chi connectivity index (χ0v) is 11.8. The van der Waals surface area contributed by atoms with Crippen molar-refractivity contribution in [3.05, 3.63) is 35.4 Å². The molecule has 0 spiro atoms. The molecule has 19 heavy (non-hydrogen) atoms. The summed E-state index contributed by atoms with van der Waals surface area (Å²) in [7, 11) is 0. The molecule has 0 bridgehead atoms. The first-order valence-electron chi connectivity index (χ1n) is 7.47. The summed E-state index contributed by atoms with van der Waals surface area (Å²) in [4.78, 5) is 2.56. The Morgan fingerprint density at radius 1 is 1.32 bits per heavy atom. The molecule has 1 saturated heterocycles. The van der Waals surface area contributed by atoms with E-state index in [0.29, 0.717) is 12.1 Å². The van der Waals surface area contributed by atoms with Crippen LogP contribution in [0.3, 0.4) is 0 Å². The van der Waals surface area contributed by atoms with Gasteiger partial charge in [-0.15, -0.1) is 0 Å². The van der Waals surface area contributed by atoms with E-state index in [9.17, 15) is 0 Å². The summed E-state index contributed by atoms with van der Waals surface area (Å²) in [5.74, 6) is 0. The van der Waals surface area contributed by atoms with E-state index in [1.165, 1.54) is 37.1 Å². The van der Waals surface area contributed by atoms with Crippen molar-refractivity contribution < 1.29 is 4.74 Å². The summed E-state index contributed by atoms with van der Waals surface area (Å²) < 4.78 is 5.70. The number of fused-ring (bicyclic) bond motifs is 1. The molecule has 1 aromatic rings. The number of nitrogens with zero attached hydrogens (tertiary/aromatic N) is 1. The van der Waals surface area contributed by atoms with Crippen molar-refractivity contribution >= 4 is 0 Å². The second-order valence-electron chi connectivity index (χ2n) is 5.84. The Morgan fingerprint density at radius 3 is 2.95 bits per heavy atom. The number of ether oxygens (including phenoxy) is 1. The Morgan fingerprint density at radius 2 is 2.11 bits per heavy atom. The summed E-state index contributed by atoms with van der Waals surface area (Å²) in [6.07, 6.45) is 2.73. The minimum absolute atomic E-state index is 0.350. The maximum absolute atomic E-state index is 5.70. The number of hydrogen-bond acceptors (Lipinski definition) is 3. The van der Waals surface area contributed by atoms with Gasteiger partial charge in [0, 0.05) is 12.6 Å². The van der Waals surface area contributed by atoms with Crippen molar-refractivity contribution in [2.24, 2.45) is 0 Å². The summed E-state index contributed by atoms with van der Waals surface area (Å²) in [6.45, 7) is 7.53. The first kappa shape index (κ1) is 13.1. The van der Waals surface area contributed by atoms with Crippen LogP contribution in [0.25, 0.3) is 0 Å². The average molecular weight is 260 g/mol. The Kier molecular flexibility index (Phi) is 4.16. The molecule has 1 fully saturated rings. The first-order chi connectivity index (χ1) is 9.33. The van der Waals surface area contributed by atoms with E-state index >= 15 is 0 Å². The van der Waals surface area contributed by atoms with Crippen molar-refractivity contribution in [1.29, 1.82) is 0 Å². The van der Waals surface area contributed by atoms with Gasteiger partial charge >= 0.3 is 0 Å².